The highest BCUT2D eigenvalue weighted by molar-refractivity contribution is 7.98. The highest BCUT2D eigenvalue weighted by Gasteiger charge is 2.09. The molecule has 3 rings (SSSR count). The van der Waals surface area contributed by atoms with Crippen LogP contribution in [0.4, 0.5) is 0 Å². The van der Waals surface area contributed by atoms with Gasteiger partial charge in [0.15, 0.2) is 0 Å². The van der Waals surface area contributed by atoms with Crippen molar-refractivity contribution in [1.82, 2.24) is 4.68 Å². The van der Waals surface area contributed by atoms with Crippen molar-refractivity contribution >= 4 is 52.5 Å². The predicted molar refractivity (Wildman–Crippen MR) is 110 cm³/mol. The SMILES string of the molecule is CN=c1scc(-c2ccc(Cl)c(Cl)c2)n1/N=C\c1ccc(SC)cc1. The molecule has 3 nitrogen and oxygen atoms in total. The first-order valence-electron chi connectivity index (χ1n) is 7.39. The summed E-state index contributed by atoms with van der Waals surface area (Å²) in [6, 6.07) is 13.8. The van der Waals surface area contributed by atoms with Crippen molar-refractivity contribution in [3.05, 3.63) is 68.3 Å². The van der Waals surface area contributed by atoms with E-state index < -0.39 is 0 Å². The Hall–Kier alpha value is -1.53. The molecule has 1 aromatic heterocycles. The largest absolute Gasteiger partial charge is 0.261 e. The van der Waals surface area contributed by atoms with Crippen LogP contribution in [0, 0.1) is 0 Å². The third kappa shape index (κ3) is 4.18. The van der Waals surface area contributed by atoms with Crippen LogP contribution in [0.5, 0.6) is 0 Å². The fraction of sp³-hybridized carbons (Fsp3) is 0.111. The maximum atomic E-state index is 6.16. The van der Waals surface area contributed by atoms with Gasteiger partial charge in [-0.1, -0.05) is 41.4 Å². The molecule has 0 saturated heterocycles. The fourth-order valence-electron chi connectivity index (χ4n) is 2.23. The number of halogens is 2. The van der Waals surface area contributed by atoms with Crippen molar-refractivity contribution < 1.29 is 0 Å². The first-order chi connectivity index (χ1) is 12.1. The topological polar surface area (TPSA) is 29.6 Å². The minimum absolute atomic E-state index is 0.517. The lowest BCUT2D eigenvalue weighted by Gasteiger charge is -2.05. The summed E-state index contributed by atoms with van der Waals surface area (Å²) in [6.45, 7) is 0. The molecule has 25 heavy (non-hydrogen) atoms. The zero-order chi connectivity index (χ0) is 17.8. The molecule has 0 aliphatic rings. The maximum absolute atomic E-state index is 6.16. The zero-order valence-corrected chi connectivity index (χ0v) is 16.8. The standard InChI is InChI=1S/C18H15Cl2N3S2/c1-21-18-23(22-10-12-3-6-14(24-2)7-4-12)17(11-25-18)13-5-8-15(19)16(20)9-13/h3-11H,1-2H3/b21-18?,22-10-. The van der Waals surface area contributed by atoms with Gasteiger partial charge in [0.2, 0.25) is 4.80 Å². The molecule has 3 aromatic rings. The van der Waals surface area contributed by atoms with Crippen LogP contribution in [0.3, 0.4) is 0 Å². The fourth-order valence-corrected chi connectivity index (χ4v) is 3.74. The smallest absolute Gasteiger partial charge is 0.205 e. The van der Waals surface area contributed by atoms with E-state index in [4.69, 9.17) is 23.2 Å². The van der Waals surface area contributed by atoms with Crippen LogP contribution in [0.25, 0.3) is 11.3 Å². The lowest BCUT2D eigenvalue weighted by molar-refractivity contribution is 0.848. The summed E-state index contributed by atoms with van der Waals surface area (Å²) in [4.78, 5) is 6.33. The third-order valence-electron chi connectivity index (χ3n) is 3.53. The summed E-state index contributed by atoms with van der Waals surface area (Å²) in [7, 11) is 1.75. The summed E-state index contributed by atoms with van der Waals surface area (Å²) in [5, 5.41) is 7.68. The second-order valence-electron chi connectivity index (χ2n) is 5.09. The molecular formula is C18H15Cl2N3S2. The Balaban J connectivity index is 2.01. The Morgan fingerprint density at radius 2 is 1.84 bits per heavy atom. The highest BCUT2D eigenvalue weighted by atomic mass is 35.5. The normalized spacial score (nSPS) is 12.2. The van der Waals surface area contributed by atoms with Gasteiger partial charge in [-0.2, -0.15) is 5.10 Å². The van der Waals surface area contributed by atoms with E-state index in [0.29, 0.717) is 10.0 Å². The van der Waals surface area contributed by atoms with Gasteiger partial charge in [0, 0.05) is 22.9 Å². The summed E-state index contributed by atoms with van der Waals surface area (Å²) >= 11 is 15.4. The molecular weight excluding hydrogens is 393 g/mol. The van der Waals surface area contributed by atoms with E-state index in [1.54, 1.807) is 24.9 Å². The number of hydrogen-bond acceptors (Lipinski definition) is 4. The van der Waals surface area contributed by atoms with Gasteiger partial charge in [-0.05, 0) is 36.1 Å². The molecule has 0 fully saturated rings. The van der Waals surface area contributed by atoms with Crippen molar-refractivity contribution in [1.29, 1.82) is 0 Å². The number of hydrogen-bond donors (Lipinski definition) is 0. The number of aromatic nitrogens is 1. The molecule has 0 radical (unpaired) electrons. The second kappa shape index (κ2) is 8.23. The molecule has 0 aliphatic carbocycles. The molecule has 0 bridgehead atoms. The molecule has 1 heterocycles. The molecule has 0 amide bonds. The molecule has 128 valence electrons. The molecule has 7 heteroatoms. The van der Waals surface area contributed by atoms with Crippen molar-refractivity contribution in [3.63, 3.8) is 0 Å². The number of benzene rings is 2. The van der Waals surface area contributed by atoms with Gasteiger partial charge in [-0.3, -0.25) is 4.99 Å². The van der Waals surface area contributed by atoms with Crippen LogP contribution < -0.4 is 4.80 Å². The molecule has 2 aromatic carbocycles. The van der Waals surface area contributed by atoms with Crippen LogP contribution >= 0.6 is 46.3 Å². The number of thiazole rings is 1. The van der Waals surface area contributed by atoms with E-state index in [0.717, 1.165) is 21.6 Å². The zero-order valence-electron chi connectivity index (χ0n) is 13.6. The van der Waals surface area contributed by atoms with Crippen LogP contribution in [-0.2, 0) is 0 Å². The Kier molecular flexibility index (Phi) is 6.02. The van der Waals surface area contributed by atoms with Crippen molar-refractivity contribution in [3.8, 4) is 11.3 Å². The maximum Gasteiger partial charge on any atom is 0.205 e. The van der Waals surface area contributed by atoms with Gasteiger partial charge in [0.25, 0.3) is 0 Å². The Morgan fingerprint density at radius 3 is 2.48 bits per heavy atom. The molecule has 0 spiro atoms. The Bertz CT molecular complexity index is 973. The van der Waals surface area contributed by atoms with Crippen LogP contribution in [0.2, 0.25) is 10.0 Å². The van der Waals surface area contributed by atoms with Crippen LogP contribution in [0.1, 0.15) is 5.56 Å². The van der Waals surface area contributed by atoms with Gasteiger partial charge in [0.1, 0.15) is 0 Å². The molecule has 0 aliphatic heterocycles. The van der Waals surface area contributed by atoms with E-state index in [9.17, 15) is 0 Å². The minimum atomic E-state index is 0.517. The lowest BCUT2D eigenvalue weighted by Crippen LogP contribution is -2.11. The van der Waals surface area contributed by atoms with Crippen molar-refractivity contribution in [2.75, 3.05) is 13.3 Å². The van der Waals surface area contributed by atoms with E-state index >= 15 is 0 Å². The first-order valence-corrected chi connectivity index (χ1v) is 10.3. The number of thioether (sulfide) groups is 1. The molecule has 0 saturated carbocycles. The molecule has 0 atom stereocenters. The monoisotopic (exact) mass is 407 g/mol. The predicted octanol–water partition coefficient (Wildman–Crippen LogP) is 5.66. The van der Waals surface area contributed by atoms with Gasteiger partial charge >= 0.3 is 0 Å². The average Bonchev–Trinajstić information content (AvgIpc) is 3.05. The molecule has 0 N–H and O–H groups in total. The Labute approximate surface area is 164 Å². The van der Waals surface area contributed by atoms with Crippen LogP contribution in [0.15, 0.2) is 62.8 Å². The van der Waals surface area contributed by atoms with Gasteiger partial charge < -0.3 is 0 Å². The van der Waals surface area contributed by atoms with E-state index in [1.165, 1.54) is 16.2 Å². The van der Waals surface area contributed by atoms with Crippen LogP contribution in [-0.4, -0.2) is 24.2 Å². The van der Waals surface area contributed by atoms with E-state index in [2.05, 4.69) is 28.5 Å². The Morgan fingerprint density at radius 1 is 1.08 bits per heavy atom. The van der Waals surface area contributed by atoms with Crippen molar-refractivity contribution in [2.45, 2.75) is 4.90 Å². The van der Waals surface area contributed by atoms with E-state index in [-0.39, 0.29) is 0 Å². The van der Waals surface area contributed by atoms with E-state index in [1.807, 2.05) is 40.5 Å². The summed E-state index contributed by atoms with van der Waals surface area (Å²) < 4.78 is 1.81. The third-order valence-corrected chi connectivity index (χ3v) is 5.92. The lowest BCUT2D eigenvalue weighted by atomic mass is 10.2. The average molecular weight is 408 g/mol. The van der Waals surface area contributed by atoms with Crippen molar-refractivity contribution in [2.24, 2.45) is 10.1 Å². The quantitative estimate of drug-likeness (QED) is 0.405. The number of rotatable bonds is 4. The van der Waals surface area contributed by atoms with Gasteiger partial charge in [-0.25, -0.2) is 4.68 Å². The summed E-state index contributed by atoms with van der Waals surface area (Å²) in [5.74, 6) is 0. The minimum Gasteiger partial charge on any atom is -0.261 e. The number of nitrogens with zero attached hydrogens (tertiary/aromatic N) is 3. The van der Waals surface area contributed by atoms with Gasteiger partial charge in [0.05, 0.1) is 22.0 Å². The summed E-state index contributed by atoms with van der Waals surface area (Å²) in [6.07, 6.45) is 3.88. The first kappa shape index (κ1) is 18.3. The second-order valence-corrected chi connectivity index (χ2v) is 7.62. The molecule has 0 unspecified atom stereocenters. The summed E-state index contributed by atoms with van der Waals surface area (Å²) in [5.41, 5.74) is 2.88. The van der Waals surface area contributed by atoms with Gasteiger partial charge in [-0.15, -0.1) is 23.1 Å². The highest BCUT2D eigenvalue weighted by Crippen LogP contribution is 2.28.